The molecule has 1 aliphatic carbocycles. The first-order valence-electron chi connectivity index (χ1n) is 7.34. The number of rotatable bonds is 2. The second kappa shape index (κ2) is 5.34. The number of piperazine rings is 1. The van der Waals surface area contributed by atoms with E-state index in [1.165, 1.54) is 0 Å². The summed E-state index contributed by atoms with van der Waals surface area (Å²) >= 11 is 6.05. The largest absolute Gasteiger partial charge is 0.339 e. The van der Waals surface area contributed by atoms with Crippen molar-refractivity contribution in [3.05, 3.63) is 34.9 Å². The lowest BCUT2D eigenvalue weighted by Gasteiger charge is -2.36. The Morgan fingerprint density at radius 1 is 1.10 bits per heavy atom. The second-order valence-electron chi connectivity index (χ2n) is 5.89. The van der Waals surface area contributed by atoms with Crippen molar-refractivity contribution in [2.24, 2.45) is 0 Å². The van der Waals surface area contributed by atoms with E-state index in [0.717, 1.165) is 18.4 Å². The maximum atomic E-state index is 12.9. The van der Waals surface area contributed by atoms with Crippen LogP contribution in [0.4, 0.5) is 0 Å². The first kappa shape index (κ1) is 14.4. The molecule has 21 heavy (non-hydrogen) atoms. The fourth-order valence-electron chi connectivity index (χ4n) is 3.06. The molecular weight excluding hydrogens is 288 g/mol. The van der Waals surface area contributed by atoms with Gasteiger partial charge in [-0.3, -0.25) is 9.59 Å². The SMILES string of the molecule is CC(=O)N1CCN(C(=O)C2(c3cccc(Cl)c3)CC2)CC1. The highest BCUT2D eigenvalue weighted by molar-refractivity contribution is 6.30. The lowest BCUT2D eigenvalue weighted by molar-refractivity contribution is -0.140. The number of halogens is 1. The van der Waals surface area contributed by atoms with Gasteiger partial charge in [0.15, 0.2) is 0 Å². The Kier molecular flexibility index (Phi) is 3.66. The van der Waals surface area contributed by atoms with E-state index in [4.69, 9.17) is 11.6 Å². The van der Waals surface area contributed by atoms with Crippen LogP contribution in [0.2, 0.25) is 5.02 Å². The highest BCUT2D eigenvalue weighted by Crippen LogP contribution is 2.50. The fraction of sp³-hybridized carbons (Fsp3) is 0.500. The lowest BCUT2D eigenvalue weighted by atomic mass is 9.94. The van der Waals surface area contributed by atoms with Crippen LogP contribution in [0, 0.1) is 0 Å². The number of carbonyl (C=O) groups excluding carboxylic acids is 2. The van der Waals surface area contributed by atoms with Gasteiger partial charge in [0.1, 0.15) is 0 Å². The molecule has 0 aromatic heterocycles. The summed E-state index contributed by atoms with van der Waals surface area (Å²) in [5.41, 5.74) is 0.650. The van der Waals surface area contributed by atoms with Crippen LogP contribution < -0.4 is 0 Å². The van der Waals surface area contributed by atoms with Crippen molar-refractivity contribution in [3.8, 4) is 0 Å². The van der Waals surface area contributed by atoms with Crippen molar-refractivity contribution in [1.82, 2.24) is 9.80 Å². The number of hydrogen-bond donors (Lipinski definition) is 0. The Balaban J connectivity index is 1.73. The zero-order valence-electron chi connectivity index (χ0n) is 12.1. The number of amides is 2. The third kappa shape index (κ3) is 2.64. The summed E-state index contributed by atoms with van der Waals surface area (Å²) in [4.78, 5) is 27.9. The van der Waals surface area contributed by atoms with Gasteiger partial charge in [-0.25, -0.2) is 0 Å². The van der Waals surface area contributed by atoms with Crippen LogP contribution in [0.5, 0.6) is 0 Å². The summed E-state index contributed by atoms with van der Waals surface area (Å²) in [5, 5.41) is 0.674. The monoisotopic (exact) mass is 306 g/mol. The molecule has 2 aliphatic rings. The van der Waals surface area contributed by atoms with E-state index in [9.17, 15) is 9.59 Å². The van der Waals surface area contributed by atoms with Crippen molar-refractivity contribution in [3.63, 3.8) is 0 Å². The third-order valence-electron chi connectivity index (χ3n) is 4.55. The minimum absolute atomic E-state index is 0.0816. The van der Waals surface area contributed by atoms with Gasteiger partial charge in [0, 0.05) is 38.1 Å². The summed E-state index contributed by atoms with van der Waals surface area (Å²) in [6.07, 6.45) is 1.78. The number of carbonyl (C=O) groups is 2. The van der Waals surface area contributed by atoms with E-state index in [-0.39, 0.29) is 17.2 Å². The molecule has 0 atom stereocenters. The number of nitrogens with zero attached hydrogens (tertiary/aromatic N) is 2. The van der Waals surface area contributed by atoms with E-state index >= 15 is 0 Å². The molecule has 0 bridgehead atoms. The van der Waals surface area contributed by atoms with E-state index in [0.29, 0.717) is 31.2 Å². The summed E-state index contributed by atoms with van der Waals surface area (Å²) < 4.78 is 0. The maximum Gasteiger partial charge on any atom is 0.233 e. The van der Waals surface area contributed by atoms with Gasteiger partial charge >= 0.3 is 0 Å². The van der Waals surface area contributed by atoms with Crippen LogP contribution in [-0.4, -0.2) is 47.8 Å². The van der Waals surface area contributed by atoms with E-state index in [2.05, 4.69) is 0 Å². The lowest BCUT2D eigenvalue weighted by Crippen LogP contribution is -2.52. The van der Waals surface area contributed by atoms with Gasteiger partial charge in [-0.2, -0.15) is 0 Å². The molecule has 1 saturated carbocycles. The zero-order chi connectivity index (χ0) is 15.0. The standard InChI is InChI=1S/C16H19ClN2O2/c1-12(20)18-7-9-19(10-8-18)15(21)16(5-6-16)13-3-2-4-14(17)11-13/h2-4,11H,5-10H2,1H3. The molecule has 0 N–H and O–H groups in total. The van der Waals surface area contributed by atoms with Crippen LogP contribution >= 0.6 is 11.6 Å². The predicted molar refractivity (Wildman–Crippen MR) is 81.2 cm³/mol. The van der Waals surface area contributed by atoms with Gasteiger partial charge < -0.3 is 9.80 Å². The molecule has 1 aromatic rings. The van der Waals surface area contributed by atoms with E-state index in [1.54, 1.807) is 11.8 Å². The Hall–Kier alpha value is -1.55. The van der Waals surface area contributed by atoms with Gasteiger partial charge in [0.2, 0.25) is 11.8 Å². The van der Waals surface area contributed by atoms with Crippen LogP contribution in [-0.2, 0) is 15.0 Å². The van der Waals surface area contributed by atoms with Crippen LogP contribution in [0.1, 0.15) is 25.3 Å². The molecule has 112 valence electrons. The molecule has 0 radical (unpaired) electrons. The van der Waals surface area contributed by atoms with Crippen LogP contribution in [0.25, 0.3) is 0 Å². The van der Waals surface area contributed by atoms with Gasteiger partial charge in [-0.15, -0.1) is 0 Å². The normalized spacial score (nSPS) is 20.3. The summed E-state index contributed by atoms with van der Waals surface area (Å²) in [6, 6.07) is 7.62. The van der Waals surface area contributed by atoms with Crippen molar-refractivity contribution in [2.45, 2.75) is 25.2 Å². The predicted octanol–water partition coefficient (Wildman–Crippen LogP) is 2.06. The van der Waals surface area contributed by atoms with Crippen LogP contribution in [0.15, 0.2) is 24.3 Å². The molecule has 1 aliphatic heterocycles. The topological polar surface area (TPSA) is 40.6 Å². The average Bonchev–Trinajstić information content (AvgIpc) is 3.28. The molecule has 0 spiro atoms. The van der Waals surface area contributed by atoms with Gasteiger partial charge in [0.25, 0.3) is 0 Å². The van der Waals surface area contributed by atoms with Gasteiger partial charge in [-0.05, 0) is 30.5 Å². The first-order valence-corrected chi connectivity index (χ1v) is 7.72. The van der Waals surface area contributed by atoms with E-state index < -0.39 is 0 Å². The molecule has 3 rings (SSSR count). The van der Waals surface area contributed by atoms with E-state index in [1.807, 2.05) is 29.2 Å². The minimum atomic E-state index is -0.372. The number of benzene rings is 1. The molecule has 5 heteroatoms. The second-order valence-corrected chi connectivity index (χ2v) is 6.33. The smallest absolute Gasteiger partial charge is 0.233 e. The molecule has 2 amide bonds. The molecule has 1 saturated heterocycles. The van der Waals surface area contributed by atoms with Crippen molar-refractivity contribution < 1.29 is 9.59 Å². The molecule has 0 unspecified atom stereocenters. The Labute approximate surface area is 129 Å². The molecule has 1 heterocycles. The Bertz CT molecular complexity index is 575. The maximum absolute atomic E-state index is 12.9. The highest BCUT2D eigenvalue weighted by atomic mass is 35.5. The van der Waals surface area contributed by atoms with Crippen LogP contribution in [0.3, 0.4) is 0 Å². The van der Waals surface area contributed by atoms with Crippen molar-refractivity contribution >= 4 is 23.4 Å². The van der Waals surface area contributed by atoms with Crippen molar-refractivity contribution in [2.75, 3.05) is 26.2 Å². The molecule has 4 nitrogen and oxygen atoms in total. The highest BCUT2D eigenvalue weighted by Gasteiger charge is 2.53. The number of hydrogen-bond acceptors (Lipinski definition) is 2. The molecule has 1 aromatic carbocycles. The summed E-state index contributed by atoms with van der Waals surface area (Å²) in [7, 11) is 0. The van der Waals surface area contributed by atoms with Gasteiger partial charge in [0.05, 0.1) is 5.41 Å². The summed E-state index contributed by atoms with van der Waals surface area (Å²) in [6.45, 7) is 4.09. The molecular formula is C16H19ClN2O2. The molecule has 2 fully saturated rings. The van der Waals surface area contributed by atoms with Gasteiger partial charge in [-0.1, -0.05) is 23.7 Å². The minimum Gasteiger partial charge on any atom is -0.339 e. The van der Waals surface area contributed by atoms with Crippen molar-refractivity contribution in [1.29, 1.82) is 0 Å². The first-order chi connectivity index (χ1) is 10.0. The Morgan fingerprint density at radius 3 is 2.24 bits per heavy atom. The average molecular weight is 307 g/mol. The quantitative estimate of drug-likeness (QED) is 0.839. The zero-order valence-corrected chi connectivity index (χ0v) is 12.9. The third-order valence-corrected chi connectivity index (χ3v) is 4.78. The Morgan fingerprint density at radius 2 is 1.71 bits per heavy atom. The summed E-state index contributed by atoms with van der Waals surface area (Å²) in [5.74, 6) is 0.269. The fourth-order valence-corrected chi connectivity index (χ4v) is 3.25.